The quantitative estimate of drug-likeness (QED) is 0.651. The topological polar surface area (TPSA) is 76.0 Å². The summed E-state index contributed by atoms with van der Waals surface area (Å²) in [5, 5.41) is 20.9. The van der Waals surface area contributed by atoms with Crippen LogP contribution < -0.4 is 5.30 Å². The highest BCUT2D eigenvalue weighted by Crippen LogP contribution is 2.53. The Morgan fingerprint density at radius 2 is 1.27 bits per heavy atom. The van der Waals surface area contributed by atoms with Crippen LogP contribution in [0.4, 0.5) is 0 Å². The highest BCUT2D eigenvalue weighted by atomic mass is 31.2. The van der Waals surface area contributed by atoms with E-state index in [2.05, 4.69) is 0 Å². The van der Waals surface area contributed by atoms with Crippen molar-refractivity contribution < 1.29 is 23.8 Å². The summed E-state index contributed by atoms with van der Waals surface area (Å²) < 4.78 is 22.9. The van der Waals surface area contributed by atoms with Gasteiger partial charge in [-0.25, -0.2) is 0 Å². The first-order valence-electron chi connectivity index (χ1n) is 7.11. The van der Waals surface area contributed by atoms with Crippen molar-refractivity contribution >= 4 is 12.9 Å². The number of rotatable bonds is 3. The van der Waals surface area contributed by atoms with E-state index in [9.17, 15) is 14.8 Å². The Morgan fingerprint density at radius 1 is 0.864 bits per heavy atom. The minimum Gasteiger partial charge on any atom is -0.504 e. The minimum atomic E-state index is -3.71. The molecule has 1 aromatic rings. The van der Waals surface area contributed by atoms with E-state index < -0.39 is 18.8 Å². The van der Waals surface area contributed by atoms with E-state index in [-0.39, 0.29) is 16.5 Å². The molecule has 1 rings (SSSR count). The maximum atomic E-state index is 12.8. The van der Waals surface area contributed by atoms with Crippen LogP contribution in [0.1, 0.15) is 52.7 Å². The Morgan fingerprint density at radius 3 is 1.59 bits per heavy atom. The van der Waals surface area contributed by atoms with E-state index in [1.165, 1.54) is 14.2 Å². The lowest BCUT2D eigenvalue weighted by Crippen LogP contribution is -2.26. The summed E-state index contributed by atoms with van der Waals surface area (Å²) in [5.74, 6) is -0.728. The first-order chi connectivity index (χ1) is 9.79. The zero-order valence-corrected chi connectivity index (χ0v) is 15.5. The molecule has 0 saturated carbocycles. The summed E-state index contributed by atoms with van der Waals surface area (Å²) in [6.45, 7) is 11.6. The molecule has 0 aliphatic heterocycles. The van der Waals surface area contributed by atoms with Crippen molar-refractivity contribution in [3.8, 4) is 11.5 Å². The first kappa shape index (κ1) is 19.0. The smallest absolute Gasteiger partial charge is 0.364 e. The number of hydrogen-bond acceptors (Lipinski definition) is 5. The molecule has 126 valence electrons. The van der Waals surface area contributed by atoms with Gasteiger partial charge in [0.25, 0.3) is 0 Å². The van der Waals surface area contributed by atoms with Gasteiger partial charge in [0.15, 0.2) is 11.5 Å². The lowest BCUT2D eigenvalue weighted by Gasteiger charge is -2.30. The molecule has 0 atom stereocenters. The number of benzene rings is 1. The number of aromatic hydroxyl groups is 2. The summed E-state index contributed by atoms with van der Waals surface area (Å²) in [6, 6.07) is 1.77. The fraction of sp³-hybridized carbons (Fsp3) is 0.625. The molecule has 0 aliphatic rings. The molecular weight excluding hydrogens is 303 g/mol. The summed E-state index contributed by atoms with van der Waals surface area (Å²) in [5.41, 5.74) is 0.398. The van der Waals surface area contributed by atoms with Gasteiger partial charge < -0.3 is 19.3 Å². The molecule has 0 fully saturated rings. The normalized spacial score (nSPS) is 13.5. The van der Waals surface area contributed by atoms with Crippen LogP contribution in [0.25, 0.3) is 0 Å². The summed E-state index contributed by atoms with van der Waals surface area (Å²) in [7, 11) is -1.20. The second-order valence-electron chi connectivity index (χ2n) is 7.38. The minimum absolute atomic E-state index is 0.0236. The Hall–Kier alpha value is -1.03. The van der Waals surface area contributed by atoms with E-state index in [0.29, 0.717) is 11.1 Å². The van der Waals surface area contributed by atoms with Crippen molar-refractivity contribution in [3.05, 3.63) is 17.2 Å². The van der Waals surface area contributed by atoms with Crippen molar-refractivity contribution in [3.63, 3.8) is 0 Å². The number of phenols is 2. The maximum absolute atomic E-state index is 12.8. The van der Waals surface area contributed by atoms with Gasteiger partial charge in [-0.15, -0.1) is 0 Å². The third kappa shape index (κ3) is 3.32. The molecule has 1 aromatic carbocycles. The van der Waals surface area contributed by atoms with Crippen LogP contribution in [-0.4, -0.2) is 24.4 Å². The molecule has 0 saturated heterocycles. The second kappa shape index (κ2) is 5.88. The largest absolute Gasteiger partial charge is 0.504 e. The van der Waals surface area contributed by atoms with Crippen LogP contribution in [0.3, 0.4) is 0 Å². The van der Waals surface area contributed by atoms with E-state index in [4.69, 9.17) is 9.05 Å². The predicted octanol–water partition coefficient (Wildman–Crippen LogP) is 3.80. The lowest BCUT2D eigenvalue weighted by molar-refractivity contribution is 0.285. The maximum Gasteiger partial charge on any atom is 0.364 e. The molecular formula is C16H27O5P. The van der Waals surface area contributed by atoms with Crippen molar-refractivity contribution in [2.24, 2.45) is 0 Å². The third-order valence-electron chi connectivity index (χ3n) is 3.62. The molecule has 22 heavy (non-hydrogen) atoms. The average Bonchev–Trinajstić information content (AvgIpc) is 2.37. The molecule has 2 N–H and O–H groups in total. The summed E-state index contributed by atoms with van der Waals surface area (Å²) in [6.07, 6.45) is 0. The Bertz CT molecular complexity index is 600. The Kier molecular flexibility index (Phi) is 5.08. The van der Waals surface area contributed by atoms with Crippen LogP contribution in [0.5, 0.6) is 11.5 Å². The lowest BCUT2D eigenvalue weighted by atomic mass is 9.80. The SMILES string of the molecule is COP(=O)(OC)c1c(C(C)(C)C)cc(C(C)(C)C)c(O)c1O. The third-order valence-corrected chi connectivity index (χ3v) is 5.58. The Balaban J connectivity index is 3.94. The molecule has 0 amide bonds. The molecule has 0 heterocycles. The van der Waals surface area contributed by atoms with Gasteiger partial charge >= 0.3 is 7.60 Å². The van der Waals surface area contributed by atoms with E-state index in [1.54, 1.807) is 6.07 Å². The monoisotopic (exact) mass is 330 g/mol. The van der Waals surface area contributed by atoms with E-state index >= 15 is 0 Å². The van der Waals surface area contributed by atoms with Crippen LogP contribution >= 0.6 is 7.60 Å². The molecule has 0 aromatic heterocycles. The van der Waals surface area contributed by atoms with Crippen molar-refractivity contribution in [1.29, 1.82) is 0 Å². The average molecular weight is 330 g/mol. The van der Waals surface area contributed by atoms with Crippen molar-refractivity contribution in [1.82, 2.24) is 0 Å². The van der Waals surface area contributed by atoms with Gasteiger partial charge in [-0.2, -0.15) is 0 Å². The van der Waals surface area contributed by atoms with Gasteiger partial charge in [0.1, 0.15) is 5.30 Å². The van der Waals surface area contributed by atoms with Gasteiger partial charge in [0.2, 0.25) is 0 Å². The van der Waals surface area contributed by atoms with E-state index in [0.717, 1.165) is 0 Å². The highest BCUT2D eigenvalue weighted by Gasteiger charge is 2.38. The molecule has 0 spiro atoms. The predicted molar refractivity (Wildman–Crippen MR) is 88.4 cm³/mol. The zero-order chi connectivity index (χ0) is 17.5. The van der Waals surface area contributed by atoms with Gasteiger partial charge in [-0.3, -0.25) is 4.57 Å². The van der Waals surface area contributed by atoms with Crippen LogP contribution in [0, 0.1) is 0 Å². The summed E-state index contributed by atoms with van der Waals surface area (Å²) in [4.78, 5) is 0. The zero-order valence-electron chi connectivity index (χ0n) is 14.6. The Labute approximate surface area is 132 Å². The van der Waals surface area contributed by atoms with Gasteiger partial charge in [-0.05, 0) is 22.5 Å². The molecule has 5 nitrogen and oxygen atoms in total. The molecule has 0 aliphatic carbocycles. The molecule has 0 radical (unpaired) electrons. The van der Waals surface area contributed by atoms with Crippen LogP contribution in [0.15, 0.2) is 6.07 Å². The highest BCUT2D eigenvalue weighted by molar-refractivity contribution is 7.62. The second-order valence-corrected chi connectivity index (χ2v) is 9.55. The van der Waals surface area contributed by atoms with Crippen LogP contribution in [-0.2, 0) is 24.4 Å². The first-order valence-corrected chi connectivity index (χ1v) is 8.66. The van der Waals surface area contributed by atoms with Gasteiger partial charge in [0, 0.05) is 19.8 Å². The van der Waals surface area contributed by atoms with Crippen LogP contribution in [0.2, 0.25) is 0 Å². The standard InChI is InChI=1S/C16H27O5P/c1-15(2,3)10-9-11(16(4,5)6)14(13(18)12(10)17)22(19,20-7)21-8/h9,17-18H,1-8H3. The number of phenolic OH excluding ortho intramolecular Hbond substituents is 2. The molecule has 6 heteroatoms. The van der Waals surface area contributed by atoms with Crippen molar-refractivity contribution in [2.75, 3.05) is 14.2 Å². The molecule has 0 bridgehead atoms. The van der Waals surface area contributed by atoms with Gasteiger partial charge in [0.05, 0.1) is 0 Å². The fourth-order valence-corrected chi connectivity index (χ4v) is 3.90. The number of hydrogen-bond donors (Lipinski definition) is 2. The summed E-state index contributed by atoms with van der Waals surface area (Å²) >= 11 is 0. The van der Waals surface area contributed by atoms with Gasteiger partial charge in [-0.1, -0.05) is 41.5 Å². The van der Waals surface area contributed by atoms with Crippen molar-refractivity contribution in [2.45, 2.75) is 52.4 Å². The molecule has 0 unspecified atom stereocenters. The van der Waals surface area contributed by atoms with E-state index in [1.807, 2.05) is 41.5 Å². The fourth-order valence-electron chi connectivity index (χ4n) is 2.33.